The number of carbonyl (C=O) groups excluding carboxylic acids is 1. The molecule has 0 bridgehead atoms. The molecule has 4 heteroatoms. The highest BCUT2D eigenvalue weighted by molar-refractivity contribution is 6.31. The standard InChI is InChI=1S/C14H21ClN2O/c1-4-14(16,5-2)9-17-13(18)11-7-6-8-12(15)10(11)3/h6-8H,4-5,9,16H2,1-3H3,(H,17,18). The largest absolute Gasteiger partial charge is 0.350 e. The van der Waals surface area contributed by atoms with E-state index in [1.807, 2.05) is 20.8 Å². The van der Waals surface area contributed by atoms with Crippen LogP contribution in [0.2, 0.25) is 5.02 Å². The van der Waals surface area contributed by atoms with Crippen molar-refractivity contribution in [2.24, 2.45) is 5.73 Å². The van der Waals surface area contributed by atoms with E-state index in [2.05, 4.69) is 5.32 Å². The van der Waals surface area contributed by atoms with Gasteiger partial charge < -0.3 is 11.1 Å². The number of halogens is 1. The first-order valence-electron chi connectivity index (χ1n) is 6.25. The molecule has 0 aliphatic heterocycles. The van der Waals surface area contributed by atoms with E-state index < -0.39 is 0 Å². The van der Waals surface area contributed by atoms with Gasteiger partial charge in [0.2, 0.25) is 0 Å². The quantitative estimate of drug-likeness (QED) is 0.863. The highest BCUT2D eigenvalue weighted by Crippen LogP contribution is 2.19. The first kappa shape index (κ1) is 15.0. The number of carbonyl (C=O) groups is 1. The molecule has 0 fully saturated rings. The van der Waals surface area contributed by atoms with Crippen molar-refractivity contribution < 1.29 is 4.79 Å². The predicted octanol–water partition coefficient (Wildman–Crippen LogP) is 2.90. The predicted molar refractivity (Wildman–Crippen MR) is 76.0 cm³/mol. The number of amides is 1. The van der Waals surface area contributed by atoms with Crippen LogP contribution < -0.4 is 11.1 Å². The molecular weight excluding hydrogens is 248 g/mol. The molecule has 1 aromatic rings. The monoisotopic (exact) mass is 268 g/mol. The summed E-state index contributed by atoms with van der Waals surface area (Å²) in [6.07, 6.45) is 1.66. The molecule has 0 aromatic heterocycles. The van der Waals surface area contributed by atoms with E-state index >= 15 is 0 Å². The molecule has 0 saturated carbocycles. The zero-order chi connectivity index (χ0) is 13.8. The fourth-order valence-corrected chi connectivity index (χ4v) is 1.88. The van der Waals surface area contributed by atoms with E-state index in [4.69, 9.17) is 17.3 Å². The summed E-state index contributed by atoms with van der Waals surface area (Å²) in [5.74, 6) is -0.119. The molecular formula is C14H21ClN2O. The lowest BCUT2D eigenvalue weighted by atomic mass is 9.94. The van der Waals surface area contributed by atoms with Crippen molar-refractivity contribution in [1.82, 2.24) is 5.32 Å². The van der Waals surface area contributed by atoms with Crippen LogP contribution >= 0.6 is 11.6 Å². The molecule has 1 rings (SSSR count). The summed E-state index contributed by atoms with van der Waals surface area (Å²) in [7, 11) is 0. The zero-order valence-electron chi connectivity index (χ0n) is 11.2. The fraction of sp³-hybridized carbons (Fsp3) is 0.500. The van der Waals surface area contributed by atoms with E-state index in [1.165, 1.54) is 0 Å². The van der Waals surface area contributed by atoms with Gasteiger partial charge in [0, 0.05) is 22.7 Å². The lowest BCUT2D eigenvalue weighted by Crippen LogP contribution is -2.49. The zero-order valence-corrected chi connectivity index (χ0v) is 12.0. The molecule has 0 saturated heterocycles. The van der Waals surface area contributed by atoms with Crippen LogP contribution in [0.5, 0.6) is 0 Å². The van der Waals surface area contributed by atoms with Crippen molar-refractivity contribution in [3.63, 3.8) is 0 Å². The fourth-order valence-electron chi connectivity index (χ4n) is 1.70. The van der Waals surface area contributed by atoms with E-state index in [0.717, 1.165) is 18.4 Å². The van der Waals surface area contributed by atoms with Gasteiger partial charge in [0.15, 0.2) is 0 Å². The Bertz CT molecular complexity index is 428. The lowest BCUT2D eigenvalue weighted by molar-refractivity contribution is 0.0941. The van der Waals surface area contributed by atoms with Gasteiger partial charge in [0.25, 0.3) is 5.91 Å². The Morgan fingerprint density at radius 1 is 1.39 bits per heavy atom. The van der Waals surface area contributed by atoms with Gasteiger partial charge in [-0.15, -0.1) is 0 Å². The van der Waals surface area contributed by atoms with Crippen molar-refractivity contribution in [1.29, 1.82) is 0 Å². The van der Waals surface area contributed by atoms with Crippen molar-refractivity contribution in [3.05, 3.63) is 34.3 Å². The maximum Gasteiger partial charge on any atom is 0.251 e. The number of hydrogen-bond donors (Lipinski definition) is 2. The van der Waals surface area contributed by atoms with Crippen LogP contribution in [0.3, 0.4) is 0 Å². The molecule has 3 N–H and O–H groups in total. The van der Waals surface area contributed by atoms with Crippen molar-refractivity contribution in [3.8, 4) is 0 Å². The third-order valence-electron chi connectivity index (χ3n) is 3.52. The maximum atomic E-state index is 12.1. The first-order valence-corrected chi connectivity index (χ1v) is 6.63. The summed E-state index contributed by atoms with van der Waals surface area (Å²) in [6.45, 7) is 6.37. The Labute approximate surface area is 114 Å². The van der Waals surface area contributed by atoms with Gasteiger partial charge >= 0.3 is 0 Å². The summed E-state index contributed by atoms with van der Waals surface area (Å²) in [6, 6.07) is 5.32. The Morgan fingerprint density at radius 3 is 2.56 bits per heavy atom. The topological polar surface area (TPSA) is 55.1 Å². The average molecular weight is 269 g/mol. The molecule has 0 radical (unpaired) electrons. The van der Waals surface area contributed by atoms with Gasteiger partial charge in [0.05, 0.1) is 0 Å². The molecule has 0 unspecified atom stereocenters. The third kappa shape index (κ3) is 3.47. The molecule has 0 heterocycles. The van der Waals surface area contributed by atoms with Crippen molar-refractivity contribution in [2.45, 2.75) is 39.2 Å². The minimum atomic E-state index is -0.331. The highest BCUT2D eigenvalue weighted by Gasteiger charge is 2.21. The van der Waals surface area contributed by atoms with Crippen LogP contribution in [0.1, 0.15) is 42.6 Å². The SMILES string of the molecule is CCC(N)(CC)CNC(=O)c1cccc(Cl)c1C. The maximum absolute atomic E-state index is 12.1. The smallest absolute Gasteiger partial charge is 0.251 e. The van der Waals surface area contributed by atoms with Gasteiger partial charge in [-0.05, 0) is 37.5 Å². The highest BCUT2D eigenvalue weighted by atomic mass is 35.5. The molecule has 0 spiro atoms. The average Bonchev–Trinajstić information content (AvgIpc) is 2.39. The van der Waals surface area contributed by atoms with E-state index in [9.17, 15) is 4.79 Å². The molecule has 1 amide bonds. The lowest BCUT2D eigenvalue weighted by Gasteiger charge is -2.27. The molecule has 0 atom stereocenters. The van der Waals surface area contributed by atoms with Crippen molar-refractivity contribution >= 4 is 17.5 Å². The normalized spacial score (nSPS) is 11.4. The van der Waals surface area contributed by atoms with Gasteiger partial charge in [-0.3, -0.25) is 4.79 Å². The minimum Gasteiger partial charge on any atom is -0.350 e. The van der Waals surface area contributed by atoms with Gasteiger partial charge in [-0.25, -0.2) is 0 Å². The van der Waals surface area contributed by atoms with Crippen LogP contribution in [-0.2, 0) is 0 Å². The molecule has 0 aliphatic rings. The van der Waals surface area contributed by atoms with Crippen LogP contribution in [-0.4, -0.2) is 18.0 Å². The van der Waals surface area contributed by atoms with Gasteiger partial charge in [0.1, 0.15) is 0 Å². The number of nitrogens with one attached hydrogen (secondary N) is 1. The first-order chi connectivity index (χ1) is 8.43. The van der Waals surface area contributed by atoms with E-state index in [-0.39, 0.29) is 11.4 Å². The molecule has 18 heavy (non-hydrogen) atoms. The van der Waals surface area contributed by atoms with E-state index in [1.54, 1.807) is 18.2 Å². The number of nitrogens with two attached hydrogens (primary N) is 1. The Morgan fingerprint density at radius 2 is 2.00 bits per heavy atom. The number of rotatable bonds is 5. The number of benzene rings is 1. The van der Waals surface area contributed by atoms with Crippen molar-refractivity contribution in [2.75, 3.05) is 6.54 Å². The third-order valence-corrected chi connectivity index (χ3v) is 3.93. The second-order valence-electron chi connectivity index (χ2n) is 4.66. The molecule has 1 aromatic carbocycles. The van der Waals surface area contributed by atoms with Crippen LogP contribution in [0.15, 0.2) is 18.2 Å². The Kier molecular flexibility index (Phi) is 5.17. The Hall–Kier alpha value is -1.06. The summed E-state index contributed by atoms with van der Waals surface area (Å²) >= 11 is 6.00. The second-order valence-corrected chi connectivity index (χ2v) is 5.07. The number of hydrogen-bond acceptors (Lipinski definition) is 2. The second kappa shape index (κ2) is 6.21. The summed E-state index contributed by atoms with van der Waals surface area (Å²) < 4.78 is 0. The molecule has 3 nitrogen and oxygen atoms in total. The van der Waals surface area contributed by atoms with Crippen LogP contribution in [0.4, 0.5) is 0 Å². The molecule has 100 valence electrons. The van der Waals surface area contributed by atoms with Gasteiger partial charge in [-0.2, -0.15) is 0 Å². The minimum absolute atomic E-state index is 0.119. The summed E-state index contributed by atoms with van der Waals surface area (Å²) in [5.41, 5.74) is 7.23. The summed E-state index contributed by atoms with van der Waals surface area (Å²) in [5, 5.41) is 3.49. The van der Waals surface area contributed by atoms with Crippen LogP contribution in [0.25, 0.3) is 0 Å². The molecule has 0 aliphatic carbocycles. The van der Waals surface area contributed by atoms with E-state index in [0.29, 0.717) is 17.1 Å². The van der Waals surface area contributed by atoms with Crippen LogP contribution in [0, 0.1) is 6.92 Å². The Balaban J connectivity index is 2.75. The van der Waals surface area contributed by atoms with Gasteiger partial charge in [-0.1, -0.05) is 31.5 Å². The summed E-state index contributed by atoms with van der Waals surface area (Å²) in [4.78, 5) is 12.1.